The first kappa shape index (κ1) is 19.7. The van der Waals surface area contributed by atoms with Gasteiger partial charge in [0.05, 0.1) is 10.6 Å². The molecule has 0 unspecified atom stereocenters. The van der Waals surface area contributed by atoms with E-state index in [1.54, 1.807) is 29.2 Å². The van der Waals surface area contributed by atoms with Crippen molar-refractivity contribution in [3.8, 4) is 5.75 Å². The molecule has 1 amide bonds. The molecule has 0 bridgehead atoms. The molecule has 2 aromatic rings. The van der Waals surface area contributed by atoms with Gasteiger partial charge >= 0.3 is 0 Å². The molecule has 9 heteroatoms. The molecule has 1 aliphatic heterocycles. The molecule has 0 atom stereocenters. The molecule has 0 radical (unpaired) electrons. The molecule has 27 heavy (non-hydrogen) atoms. The van der Waals surface area contributed by atoms with E-state index in [2.05, 4.69) is 0 Å². The Bertz CT molecular complexity index is 911. The summed E-state index contributed by atoms with van der Waals surface area (Å²) in [5, 5.41) is 9.27. The van der Waals surface area contributed by atoms with Crippen molar-refractivity contribution in [2.45, 2.75) is 9.79 Å². The summed E-state index contributed by atoms with van der Waals surface area (Å²) in [5.41, 5.74) is 0. The summed E-state index contributed by atoms with van der Waals surface area (Å²) in [4.78, 5) is 14.8. The summed E-state index contributed by atoms with van der Waals surface area (Å²) in [6.45, 7) is 0.940. The second kappa shape index (κ2) is 8.28. The van der Waals surface area contributed by atoms with E-state index in [9.17, 15) is 22.7 Å². The van der Waals surface area contributed by atoms with Gasteiger partial charge in [0.2, 0.25) is 15.9 Å². The normalized spacial score (nSPS) is 15.7. The zero-order valence-corrected chi connectivity index (χ0v) is 16.0. The van der Waals surface area contributed by atoms with E-state index in [0.29, 0.717) is 13.1 Å². The van der Waals surface area contributed by atoms with E-state index in [4.69, 9.17) is 0 Å². The van der Waals surface area contributed by atoms with Crippen molar-refractivity contribution >= 4 is 27.7 Å². The van der Waals surface area contributed by atoms with E-state index in [1.807, 2.05) is 0 Å². The number of phenolic OH excluding ortho intramolecular Hbond substituents is 1. The first-order valence-electron chi connectivity index (χ1n) is 8.31. The van der Waals surface area contributed by atoms with Gasteiger partial charge in [-0.05, 0) is 42.5 Å². The summed E-state index contributed by atoms with van der Waals surface area (Å²) in [6.07, 6.45) is 0. The van der Waals surface area contributed by atoms with Crippen LogP contribution in [-0.4, -0.2) is 60.6 Å². The topological polar surface area (TPSA) is 77.9 Å². The number of carbonyl (C=O) groups excluding carboxylic acids is 1. The van der Waals surface area contributed by atoms with Crippen LogP contribution in [-0.2, 0) is 14.8 Å². The molecule has 1 N–H and O–H groups in total. The molecule has 1 heterocycles. The molecule has 0 saturated carbocycles. The number of phenols is 1. The summed E-state index contributed by atoms with van der Waals surface area (Å²) in [5.74, 6) is -0.269. The van der Waals surface area contributed by atoms with Crippen LogP contribution in [0.5, 0.6) is 5.75 Å². The highest BCUT2D eigenvalue weighted by atomic mass is 32.2. The van der Waals surface area contributed by atoms with Crippen molar-refractivity contribution in [2.75, 3.05) is 31.9 Å². The third kappa shape index (κ3) is 4.79. The third-order valence-electron chi connectivity index (χ3n) is 4.22. The highest BCUT2D eigenvalue weighted by Crippen LogP contribution is 2.22. The van der Waals surface area contributed by atoms with Gasteiger partial charge in [0, 0.05) is 31.1 Å². The first-order chi connectivity index (χ1) is 12.9. The van der Waals surface area contributed by atoms with Crippen molar-refractivity contribution in [1.82, 2.24) is 9.21 Å². The molecule has 0 aromatic heterocycles. The van der Waals surface area contributed by atoms with Crippen LogP contribution in [0.25, 0.3) is 0 Å². The van der Waals surface area contributed by atoms with Crippen LogP contribution in [0.4, 0.5) is 4.39 Å². The minimum Gasteiger partial charge on any atom is -0.508 e. The molecule has 0 spiro atoms. The van der Waals surface area contributed by atoms with Crippen molar-refractivity contribution in [3.63, 3.8) is 0 Å². The van der Waals surface area contributed by atoms with Gasteiger partial charge in [-0.2, -0.15) is 4.31 Å². The molecule has 1 fully saturated rings. The molecule has 1 aliphatic rings. The number of sulfonamides is 1. The Morgan fingerprint density at radius 1 is 1.07 bits per heavy atom. The van der Waals surface area contributed by atoms with Crippen LogP contribution in [0.15, 0.2) is 58.3 Å². The fraction of sp³-hybridized carbons (Fsp3) is 0.278. The molecule has 1 saturated heterocycles. The number of rotatable bonds is 5. The second-order valence-corrected chi connectivity index (χ2v) is 9.01. The van der Waals surface area contributed by atoms with Gasteiger partial charge < -0.3 is 10.0 Å². The summed E-state index contributed by atoms with van der Waals surface area (Å²) in [6, 6.07) is 11.5. The molecular formula is C18H19FN2O4S2. The van der Waals surface area contributed by atoms with Crippen LogP contribution in [0, 0.1) is 5.82 Å². The molecule has 0 aliphatic carbocycles. The maximum Gasteiger partial charge on any atom is 0.243 e. The number of hydrogen-bond acceptors (Lipinski definition) is 5. The first-order valence-corrected chi connectivity index (χ1v) is 10.7. The van der Waals surface area contributed by atoms with Gasteiger partial charge in [-0.1, -0.05) is 6.07 Å². The standard InChI is InChI=1S/C18H19FN2O4S2/c19-14-2-1-3-17(12-14)27(24,25)21-10-8-20(9-11-21)18(23)13-26-16-6-4-15(22)5-7-16/h1-7,12,22H,8-11,13H2. The lowest BCUT2D eigenvalue weighted by molar-refractivity contribution is -0.129. The number of benzene rings is 2. The lowest BCUT2D eigenvalue weighted by atomic mass is 10.3. The highest BCUT2D eigenvalue weighted by molar-refractivity contribution is 8.00. The largest absolute Gasteiger partial charge is 0.508 e. The number of hydrogen-bond donors (Lipinski definition) is 1. The van der Waals surface area contributed by atoms with Crippen LogP contribution < -0.4 is 0 Å². The van der Waals surface area contributed by atoms with E-state index in [1.165, 1.54) is 34.3 Å². The van der Waals surface area contributed by atoms with E-state index < -0.39 is 15.8 Å². The average Bonchev–Trinajstić information content (AvgIpc) is 2.67. The van der Waals surface area contributed by atoms with Gasteiger partial charge in [-0.3, -0.25) is 4.79 Å². The molecular weight excluding hydrogens is 391 g/mol. The Kier molecular flexibility index (Phi) is 6.03. The molecule has 6 nitrogen and oxygen atoms in total. The van der Waals surface area contributed by atoms with Gasteiger partial charge in [0.25, 0.3) is 0 Å². The average molecular weight is 410 g/mol. The quantitative estimate of drug-likeness (QED) is 0.765. The van der Waals surface area contributed by atoms with E-state index in [-0.39, 0.29) is 35.4 Å². The minimum atomic E-state index is -3.77. The maximum absolute atomic E-state index is 13.3. The number of piperazine rings is 1. The fourth-order valence-corrected chi connectivity index (χ4v) is 4.99. The SMILES string of the molecule is O=C(CSc1ccc(O)cc1)N1CCN(S(=O)(=O)c2cccc(F)c2)CC1. The molecule has 3 rings (SSSR count). The van der Waals surface area contributed by atoms with Gasteiger partial charge in [0.15, 0.2) is 0 Å². The number of thioether (sulfide) groups is 1. The van der Waals surface area contributed by atoms with Crippen LogP contribution in [0.1, 0.15) is 0 Å². The molecule has 2 aromatic carbocycles. The number of amides is 1. The Hall–Kier alpha value is -2.10. The lowest BCUT2D eigenvalue weighted by Gasteiger charge is -2.34. The van der Waals surface area contributed by atoms with Crippen molar-refractivity contribution in [1.29, 1.82) is 0 Å². The minimum absolute atomic E-state index is 0.0733. The summed E-state index contributed by atoms with van der Waals surface area (Å²) >= 11 is 1.36. The highest BCUT2D eigenvalue weighted by Gasteiger charge is 2.30. The predicted octanol–water partition coefficient (Wildman–Crippen LogP) is 2.16. The number of aromatic hydroxyl groups is 1. The van der Waals surface area contributed by atoms with Gasteiger partial charge in [0.1, 0.15) is 11.6 Å². The summed E-state index contributed by atoms with van der Waals surface area (Å²) in [7, 11) is -3.77. The van der Waals surface area contributed by atoms with Gasteiger partial charge in [-0.25, -0.2) is 12.8 Å². The number of carbonyl (C=O) groups is 1. The second-order valence-electron chi connectivity index (χ2n) is 6.02. The third-order valence-corrected chi connectivity index (χ3v) is 7.12. The number of nitrogens with zero attached hydrogens (tertiary/aromatic N) is 2. The Balaban J connectivity index is 1.55. The molecule has 144 valence electrons. The number of halogens is 1. The Morgan fingerprint density at radius 2 is 1.74 bits per heavy atom. The Morgan fingerprint density at radius 3 is 2.37 bits per heavy atom. The van der Waals surface area contributed by atoms with Gasteiger partial charge in [-0.15, -0.1) is 11.8 Å². The van der Waals surface area contributed by atoms with E-state index >= 15 is 0 Å². The predicted molar refractivity (Wildman–Crippen MR) is 101 cm³/mol. The van der Waals surface area contributed by atoms with Crippen molar-refractivity contribution in [3.05, 3.63) is 54.3 Å². The lowest BCUT2D eigenvalue weighted by Crippen LogP contribution is -2.50. The Labute approximate surface area is 161 Å². The van der Waals surface area contributed by atoms with E-state index in [0.717, 1.165) is 11.0 Å². The monoisotopic (exact) mass is 410 g/mol. The summed E-state index contributed by atoms with van der Waals surface area (Å²) < 4.78 is 39.8. The van der Waals surface area contributed by atoms with Crippen molar-refractivity contribution < 1.29 is 22.7 Å². The van der Waals surface area contributed by atoms with Crippen LogP contribution >= 0.6 is 11.8 Å². The van der Waals surface area contributed by atoms with Crippen LogP contribution in [0.3, 0.4) is 0 Å². The zero-order chi connectivity index (χ0) is 19.4. The zero-order valence-electron chi connectivity index (χ0n) is 14.4. The van der Waals surface area contributed by atoms with Crippen molar-refractivity contribution in [2.24, 2.45) is 0 Å². The fourth-order valence-electron chi connectivity index (χ4n) is 2.73. The maximum atomic E-state index is 13.3. The smallest absolute Gasteiger partial charge is 0.243 e. The van der Waals surface area contributed by atoms with Crippen LogP contribution in [0.2, 0.25) is 0 Å².